The lowest BCUT2D eigenvalue weighted by Gasteiger charge is -2.30. The summed E-state index contributed by atoms with van der Waals surface area (Å²) in [5.41, 5.74) is 1.03. The summed E-state index contributed by atoms with van der Waals surface area (Å²) < 4.78 is 4.17. The molecule has 3 nitrogen and oxygen atoms in total. The normalized spacial score (nSPS) is 24.4. The van der Waals surface area contributed by atoms with E-state index in [9.17, 15) is 9.59 Å². The van der Waals surface area contributed by atoms with Gasteiger partial charge in [0.15, 0.2) is 11.6 Å². The number of Topliss-reactive ketones (excluding diaryl/α,β-unsaturated/α-hetero) is 2. The van der Waals surface area contributed by atoms with Crippen LogP contribution in [0.4, 0.5) is 0 Å². The van der Waals surface area contributed by atoms with Crippen molar-refractivity contribution in [2.24, 2.45) is 0 Å². The molecule has 84 valence electrons. The molecule has 1 atom stereocenters. The van der Waals surface area contributed by atoms with Crippen LogP contribution in [0.15, 0.2) is 24.3 Å². The van der Waals surface area contributed by atoms with E-state index in [-0.39, 0.29) is 18.0 Å². The second kappa shape index (κ2) is 4.03. The maximum Gasteiger partial charge on any atom is 0.182 e. The summed E-state index contributed by atoms with van der Waals surface area (Å²) in [7, 11) is 1.51. The van der Waals surface area contributed by atoms with Crippen molar-refractivity contribution in [3.63, 3.8) is 0 Å². The summed E-state index contributed by atoms with van der Waals surface area (Å²) in [6.45, 7) is 1.75. The van der Waals surface area contributed by atoms with Gasteiger partial charge in [0.1, 0.15) is 4.75 Å². The Balaban J connectivity index is 2.50. The fraction of sp³-hybridized carbons (Fsp3) is 0.333. The van der Waals surface area contributed by atoms with Gasteiger partial charge in [-0.3, -0.25) is 9.59 Å². The van der Waals surface area contributed by atoms with E-state index in [0.29, 0.717) is 11.1 Å². The van der Waals surface area contributed by atoms with Gasteiger partial charge in [0.05, 0.1) is 7.11 Å². The number of hydrogen-bond acceptors (Lipinski definition) is 4. The summed E-state index contributed by atoms with van der Waals surface area (Å²) in [5.74, 6) is -0.0307. The van der Waals surface area contributed by atoms with Crippen LogP contribution in [-0.4, -0.2) is 23.4 Å². The SMILES string of the molecule is COSC1(C)CC(=O)c2ccccc2C1=O. The van der Waals surface area contributed by atoms with Gasteiger partial charge < -0.3 is 4.18 Å². The summed E-state index contributed by atoms with van der Waals surface area (Å²) in [6.07, 6.45) is 0.196. The molecule has 0 spiro atoms. The van der Waals surface area contributed by atoms with Gasteiger partial charge in [-0.25, -0.2) is 0 Å². The maximum absolute atomic E-state index is 12.2. The van der Waals surface area contributed by atoms with Crippen LogP contribution in [0.5, 0.6) is 0 Å². The number of benzene rings is 1. The van der Waals surface area contributed by atoms with Gasteiger partial charge in [-0.05, 0) is 6.92 Å². The van der Waals surface area contributed by atoms with Gasteiger partial charge in [-0.2, -0.15) is 0 Å². The number of fused-ring (bicyclic) bond motifs is 1. The number of ketones is 2. The first-order valence-electron chi connectivity index (χ1n) is 4.97. The summed E-state index contributed by atoms with van der Waals surface area (Å²) in [6, 6.07) is 6.94. The van der Waals surface area contributed by atoms with Crippen LogP contribution >= 0.6 is 12.0 Å². The molecule has 16 heavy (non-hydrogen) atoms. The third-order valence-corrected chi connectivity index (χ3v) is 3.58. The van der Waals surface area contributed by atoms with Gasteiger partial charge in [0, 0.05) is 29.6 Å². The van der Waals surface area contributed by atoms with Crippen molar-refractivity contribution in [3.05, 3.63) is 35.4 Å². The van der Waals surface area contributed by atoms with Gasteiger partial charge in [0.2, 0.25) is 0 Å². The monoisotopic (exact) mass is 236 g/mol. The van der Waals surface area contributed by atoms with Crippen LogP contribution in [0, 0.1) is 0 Å². The Kier molecular flexibility index (Phi) is 2.86. The van der Waals surface area contributed by atoms with Gasteiger partial charge in [0.25, 0.3) is 0 Å². The van der Waals surface area contributed by atoms with Gasteiger partial charge >= 0.3 is 0 Å². The van der Waals surface area contributed by atoms with Crippen molar-refractivity contribution in [2.75, 3.05) is 7.11 Å². The Morgan fingerprint density at radius 2 is 1.88 bits per heavy atom. The Bertz CT molecular complexity index is 455. The summed E-state index contributed by atoms with van der Waals surface area (Å²) in [5, 5.41) is 0. The lowest BCUT2D eigenvalue weighted by Crippen LogP contribution is -2.39. The van der Waals surface area contributed by atoms with Crippen LogP contribution in [-0.2, 0) is 4.18 Å². The molecule has 0 aliphatic heterocycles. The molecular weight excluding hydrogens is 224 g/mol. The molecule has 1 aromatic rings. The average molecular weight is 236 g/mol. The molecule has 0 radical (unpaired) electrons. The predicted molar refractivity (Wildman–Crippen MR) is 62.7 cm³/mol. The second-order valence-electron chi connectivity index (χ2n) is 3.96. The minimum Gasteiger partial charge on any atom is -0.318 e. The third kappa shape index (κ3) is 1.68. The molecule has 0 N–H and O–H groups in total. The highest BCUT2D eigenvalue weighted by atomic mass is 32.2. The molecule has 0 fully saturated rings. The smallest absolute Gasteiger partial charge is 0.182 e. The molecule has 0 saturated heterocycles. The zero-order valence-electron chi connectivity index (χ0n) is 9.15. The van der Waals surface area contributed by atoms with Crippen molar-refractivity contribution in [1.29, 1.82) is 0 Å². The minimum atomic E-state index is -0.791. The number of carbonyl (C=O) groups excluding carboxylic acids is 2. The molecule has 1 aromatic carbocycles. The molecule has 4 heteroatoms. The fourth-order valence-corrected chi connectivity index (χ4v) is 2.69. The molecule has 2 rings (SSSR count). The Morgan fingerprint density at radius 3 is 2.50 bits per heavy atom. The molecule has 1 aliphatic carbocycles. The standard InChI is InChI=1S/C12H12O3S/c1-12(16-15-2)7-10(13)8-5-3-4-6-9(8)11(12)14/h3-6H,7H2,1-2H3. The molecule has 0 aromatic heterocycles. The lowest BCUT2D eigenvalue weighted by molar-refractivity contribution is 0.0853. The van der Waals surface area contributed by atoms with E-state index in [0.717, 1.165) is 12.0 Å². The van der Waals surface area contributed by atoms with Gasteiger partial charge in [-0.15, -0.1) is 0 Å². The Morgan fingerprint density at radius 1 is 1.25 bits per heavy atom. The van der Waals surface area contributed by atoms with Crippen LogP contribution in [0.2, 0.25) is 0 Å². The fourth-order valence-electron chi connectivity index (χ4n) is 1.94. The first-order chi connectivity index (χ1) is 7.58. The van der Waals surface area contributed by atoms with E-state index in [4.69, 9.17) is 4.18 Å². The number of rotatable bonds is 2. The minimum absolute atomic E-state index is 0.00208. The molecule has 1 aliphatic rings. The molecule has 0 amide bonds. The molecular formula is C12H12O3S. The van der Waals surface area contributed by atoms with Crippen molar-refractivity contribution in [1.82, 2.24) is 0 Å². The Labute approximate surface area is 98.4 Å². The predicted octanol–water partition coefficient (Wildman–Crippen LogP) is 2.51. The Hall–Kier alpha value is -1.13. The lowest BCUT2D eigenvalue weighted by atomic mass is 9.82. The van der Waals surface area contributed by atoms with Crippen molar-refractivity contribution in [3.8, 4) is 0 Å². The van der Waals surface area contributed by atoms with E-state index in [2.05, 4.69) is 0 Å². The molecule has 0 saturated carbocycles. The van der Waals surface area contributed by atoms with Crippen molar-refractivity contribution >= 4 is 23.6 Å². The largest absolute Gasteiger partial charge is 0.318 e. The molecule has 1 unspecified atom stereocenters. The van der Waals surface area contributed by atoms with E-state index in [1.165, 1.54) is 7.11 Å². The van der Waals surface area contributed by atoms with Crippen LogP contribution in [0.25, 0.3) is 0 Å². The highest BCUT2D eigenvalue weighted by Gasteiger charge is 2.43. The van der Waals surface area contributed by atoms with Crippen molar-refractivity contribution in [2.45, 2.75) is 18.1 Å². The van der Waals surface area contributed by atoms with Gasteiger partial charge in [-0.1, -0.05) is 24.3 Å². The molecule has 0 bridgehead atoms. The maximum atomic E-state index is 12.2. The summed E-state index contributed by atoms with van der Waals surface area (Å²) >= 11 is 1.06. The topological polar surface area (TPSA) is 43.4 Å². The average Bonchev–Trinajstić information content (AvgIpc) is 2.27. The van der Waals surface area contributed by atoms with E-state index in [1.54, 1.807) is 31.2 Å². The van der Waals surface area contributed by atoms with Crippen molar-refractivity contribution < 1.29 is 13.8 Å². The summed E-state index contributed by atoms with van der Waals surface area (Å²) in [4.78, 5) is 24.1. The van der Waals surface area contributed by atoms with E-state index < -0.39 is 4.75 Å². The van der Waals surface area contributed by atoms with E-state index in [1.807, 2.05) is 0 Å². The number of hydrogen-bond donors (Lipinski definition) is 0. The zero-order valence-corrected chi connectivity index (χ0v) is 9.97. The second-order valence-corrected chi connectivity index (χ2v) is 5.36. The zero-order chi connectivity index (χ0) is 11.8. The van der Waals surface area contributed by atoms with Crippen LogP contribution in [0.1, 0.15) is 34.1 Å². The molecule has 0 heterocycles. The third-order valence-electron chi connectivity index (χ3n) is 2.72. The highest BCUT2D eigenvalue weighted by Crippen LogP contribution is 2.38. The first-order valence-corrected chi connectivity index (χ1v) is 5.71. The quantitative estimate of drug-likeness (QED) is 0.740. The highest BCUT2D eigenvalue weighted by molar-refractivity contribution is 7.96. The number of carbonyl (C=O) groups is 2. The van der Waals surface area contributed by atoms with E-state index >= 15 is 0 Å². The van der Waals surface area contributed by atoms with Crippen LogP contribution < -0.4 is 0 Å². The van der Waals surface area contributed by atoms with Crippen LogP contribution in [0.3, 0.4) is 0 Å². The first kappa shape index (κ1) is 11.4.